The van der Waals surface area contributed by atoms with Crippen LogP contribution in [0.1, 0.15) is 69.1 Å². The van der Waals surface area contributed by atoms with E-state index in [4.69, 9.17) is 9.47 Å². The molecule has 1 fully saturated rings. The fourth-order valence-corrected chi connectivity index (χ4v) is 5.57. The lowest BCUT2D eigenvalue weighted by Gasteiger charge is -2.53. The molecule has 1 aromatic carbocycles. The van der Waals surface area contributed by atoms with E-state index in [2.05, 4.69) is 19.9 Å². The summed E-state index contributed by atoms with van der Waals surface area (Å²) in [5.41, 5.74) is 0.887. The number of rotatable bonds is 4. The van der Waals surface area contributed by atoms with Gasteiger partial charge in [-0.1, -0.05) is 33.3 Å². The van der Waals surface area contributed by atoms with Crippen LogP contribution >= 0.6 is 0 Å². The van der Waals surface area contributed by atoms with Crippen LogP contribution in [-0.2, 0) is 26.2 Å². The fraction of sp³-hybridized carbons (Fsp3) is 0.636. The third-order valence-corrected chi connectivity index (χ3v) is 6.84. The number of esters is 1. The summed E-state index contributed by atoms with van der Waals surface area (Å²) in [6, 6.07) is 2.06. The number of carbonyl (C=O) groups excluding carboxylic acids is 2. The molecule has 0 unspecified atom stereocenters. The summed E-state index contributed by atoms with van der Waals surface area (Å²) in [4.78, 5) is 25.2. The minimum atomic E-state index is -1.01. The van der Waals surface area contributed by atoms with E-state index in [1.54, 1.807) is 0 Å². The van der Waals surface area contributed by atoms with E-state index < -0.39 is 10.8 Å². The van der Waals surface area contributed by atoms with Crippen molar-refractivity contribution in [2.45, 2.75) is 64.2 Å². The van der Waals surface area contributed by atoms with Gasteiger partial charge >= 0.3 is 5.97 Å². The number of hydrogen-bond donors (Lipinski definition) is 1. The minimum Gasteiger partial charge on any atom is -0.504 e. The van der Waals surface area contributed by atoms with Crippen molar-refractivity contribution >= 4 is 12.3 Å². The number of phenolic OH excluding ortho intramolecular Hbond substituents is 1. The molecule has 0 aliphatic heterocycles. The molecule has 5 heteroatoms. The molecule has 27 heavy (non-hydrogen) atoms. The molecule has 2 aliphatic carbocycles. The average Bonchev–Trinajstić information content (AvgIpc) is 2.66. The van der Waals surface area contributed by atoms with Crippen molar-refractivity contribution in [3.63, 3.8) is 0 Å². The molecule has 0 bridgehead atoms. The van der Waals surface area contributed by atoms with Crippen LogP contribution in [0.3, 0.4) is 0 Å². The molecular formula is C22H30O5. The molecule has 0 amide bonds. The van der Waals surface area contributed by atoms with E-state index in [1.807, 2.05) is 6.92 Å². The molecule has 2 aliphatic rings. The number of carbonyl (C=O) groups is 2. The third kappa shape index (κ3) is 2.66. The Morgan fingerprint density at radius 3 is 2.59 bits per heavy atom. The van der Waals surface area contributed by atoms with Crippen molar-refractivity contribution in [1.82, 2.24) is 0 Å². The molecule has 0 aromatic heterocycles. The van der Waals surface area contributed by atoms with Crippen molar-refractivity contribution in [1.29, 1.82) is 0 Å². The number of methoxy groups -OCH3 is 2. The number of benzene rings is 1. The first-order valence-electron chi connectivity index (χ1n) is 9.74. The van der Waals surface area contributed by atoms with E-state index in [9.17, 15) is 14.7 Å². The SMILES string of the molecule is COC(=O)[C@]12CCC[C@](C)(C=O)[C@@H]1CCc1cc(C(C)C)c(OC)c(O)c12. The van der Waals surface area contributed by atoms with Gasteiger partial charge in [0.15, 0.2) is 11.5 Å². The Balaban J connectivity index is 2.35. The number of ether oxygens (including phenoxy) is 2. The molecule has 0 heterocycles. The Kier molecular flexibility index (Phi) is 5.00. The quantitative estimate of drug-likeness (QED) is 0.639. The summed E-state index contributed by atoms with van der Waals surface area (Å²) in [5, 5.41) is 11.2. The van der Waals surface area contributed by atoms with Gasteiger partial charge in [-0.05, 0) is 43.1 Å². The van der Waals surface area contributed by atoms with E-state index >= 15 is 0 Å². The molecule has 1 N–H and O–H groups in total. The standard InChI is InChI=1S/C22H30O5/c1-13(2)15-11-14-7-8-16-21(3,12-23)9-6-10-22(16,20(25)27-5)17(14)18(24)19(15)26-4/h11-13,16,24H,6-10H2,1-5H3/t16-,21+,22+/m0/s1. The molecule has 1 saturated carbocycles. The second-order valence-electron chi connectivity index (χ2n) is 8.57. The summed E-state index contributed by atoms with van der Waals surface area (Å²) in [6.07, 6.45) is 4.49. The number of hydrogen-bond acceptors (Lipinski definition) is 5. The zero-order valence-corrected chi connectivity index (χ0v) is 16.9. The highest BCUT2D eigenvalue weighted by molar-refractivity contribution is 5.88. The van der Waals surface area contributed by atoms with Gasteiger partial charge in [0.25, 0.3) is 0 Å². The lowest BCUT2D eigenvalue weighted by Crippen LogP contribution is -2.56. The van der Waals surface area contributed by atoms with Crippen LogP contribution in [0.25, 0.3) is 0 Å². The molecular weight excluding hydrogens is 344 g/mol. The van der Waals surface area contributed by atoms with E-state index in [0.29, 0.717) is 17.7 Å². The summed E-state index contributed by atoms with van der Waals surface area (Å²) in [7, 11) is 2.92. The van der Waals surface area contributed by atoms with Gasteiger partial charge in [0, 0.05) is 16.5 Å². The number of aryl methyl sites for hydroxylation is 1. The zero-order chi connectivity index (χ0) is 20.0. The van der Waals surface area contributed by atoms with Gasteiger partial charge in [0.2, 0.25) is 0 Å². The number of aromatic hydroxyl groups is 1. The number of phenols is 1. The van der Waals surface area contributed by atoms with Crippen LogP contribution < -0.4 is 4.74 Å². The molecule has 5 nitrogen and oxygen atoms in total. The van der Waals surface area contributed by atoms with Gasteiger partial charge in [-0.15, -0.1) is 0 Å². The first-order chi connectivity index (χ1) is 12.8. The van der Waals surface area contributed by atoms with E-state index in [0.717, 1.165) is 43.1 Å². The van der Waals surface area contributed by atoms with Crippen LogP contribution in [0, 0.1) is 11.3 Å². The monoisotopic (exact) mass is 374 g/mol. The maximum Gasteiger partial charge on any atom is 0.316 e. The van der Waals surface area contributed by atoms with E-state index in [-0.39, 0.29) is 23.6 Å². The Bertz CT molecular complexity index is 768. The highest BCUT2D eigenvalue weighted by Gasteiger charge is 2.60. The normalized spacial score (nSPS) is 29.6. The second-order valence-corrected chi connectivity index (χ2v) is 8.57. The maximum absolute atomic E-state index is 13.2. The number of aldehydes is 1. The first-order valence-corrected chi connectivity index (χ1v) is 9.74. The highest BCUT2D eigenvalue weighted by Crippen LogP contribution is 2.60. The lowest BCUT2D eigenvalue weighted by atomic mass is 9.49. The van der Waals surface area contributed by atoms with Gasteiger partial charge in [-0.2, -0.15) is 0 Å². The minimum absolute atomic E-state index is 0.0314. The van der Waals surface area contributed by atoms with Gasteiger partial charge in [0.05, 0.1) is 14.2 Å². The van der Waals surface area contributed by atoms with E-state index in [1.165, 1.54) is 14.2 Å². The van der Waals surface area contributed by atoms with Crippen LogP contribution in [0.4, 0.5) is 0 Å². The molecule has 0 radical (unpaired) electrons. The molecule has 3 rings (SSSR count). The van der Waals surface area contributed by atoms with Crippen LogP contribution in [0.15, 0.2) is 6.07 Å². The topological polar surface area (TPSA) is 72.8 Å². The third-order valence-electron chi connectivity index (χ3n) is 6.84. The van der Waals surface area contributed by atoms with Crippen LogP contribution in [0.5, 0.6) is 11.5 Å². The second kappa shape index (κ2) is 6.84. The van der Waals surface area contributed by atoms with Crippen molar-refractivity contribution in [3.8, 4) is 11.5 Å². The van der Waals surface area contributed by atoms with Gasteiger partial charge in [0.1, 0.15) is 11.7 Å². The van der Waals surface area contributed by atoms with Crippen LogP contribution in [0.2, 0.25) is 0 Å². The van der Waals surface area contributed by atoms with Gasteiger partial charge < -0.3 is 19.4 Å². The molecule has 148 valence electrons. The Hall–Kier alpha value is -2.04. The predicted octanol–water partition coefficient (Wildman–Crippen LogP) is 3.89. The predicted molar refractivity (Wildman–Crippen MR) is 102 cm³/mol. The maximum atomic E-state index is 13.2. The van der Waals surface area contributed by atoms with Gasteiger partial charge in [-0.3, -0.25) is 4.79 Å². The summed E-state index contributed by atoms with van der Waals surface area (Å²) in [5.74, 6) is 0.0668. The molecule has 1 aromatic rings. The summed E-state index contributed by atoms with van der Waals surface area (Å²) < 4.78 is 10.8. The van der Waals surface area contributed by atoms with Crippen molar-refractivity contribution in [2.24, 2.45) is 11.3 Å². The average molecular weight is 374 g/mol. The lowest BCUT2D eigenvalue weighted by molar-refractivity contribution is -0.157. The van der Waals surface area contributed by atoms with Crippen molar-refractivity contribution < 1.29 is 24.2 Å². The molecule has 3 atom stereocenters. The van der Waals surface area contributed by atoms with Crippen molar-refractivity contribution in [3.05, 3.63) is 22.8 Å². The highest BCUT2D eigenvalue weighted by atomic mass is 16.5. The Labute approximate surface area is 161 Å². The number of fused-ring (bicyclic) bond motifs is 3. The van der Waals surface area contributed by atoms with Gasteiger partial charge in [-0.25, -0.2) is 0 Å². The Morgan fingerprint density at radius 2 is 2.04 bits per heavy atom. The summed E-state index contributed by atoms with van der Waals surface area (Å²) >= 11 is 0. The first kappa shape index (κ1) is 19.7. The largest absolute Gasteiger partial charge is 0.504 e. The Morgan fingerprint density at radius 1 is 1.33 bits per heavy atom. The van der Waals surface area contributed by atoms with Crippen molar-refractivity contribution in [2.75, 3.05) is 14.2 Å². The smallest absolute Gasteiger partial charge is 0.316 e. The molecule has 0 spiro atoms. The fourth-order valence-electron chi connectivity index (χ4n) is 5.57. The van der Waals surface area contributed by atoms with Crippen LogP contribution in [-0.4, -0.2) is 31.6 Å². The molecule has 0 saturated heterocycles. The zero-order valence-electron chi connectivity index (χ0n) is 16.9. The summed E-state index contributed by atoms with van der Waals surface area (Å²) in [6.45, 7) is 6.04.